The van der Waals surface area contributed by atoms with Crippen molar-refractivity contribution in [3.8, 4) is 0 Å². The van der Waals surface area contributed by atoms with E-state index in [4.69, 9.17) is 0 Å². The van der Waals surface area contributed by atoms with Crippen molar-refractivity contribution in [3.05, 3.63) is 59.9 Å². The fraction of sp³-hybridized carbons (Fsp3) is 0.294. The second-order valence-electron chi connectivity index (χ2n) is 4.85. The lowest BCUT2D eigenvalue weighted by atomic mass is 10.0. The van der Waals surface area contributed by atoms with Crippen molar-refractivity contribution in [2.24, 2.45) is 0 Å². The second-order valence-corrected chi connectivity index (χ2v) is 4.85. The van der Waals surface area contributed by atoms with Crippen molar-refractivity contribution in [1.29, 1.82) is 0 Å². The van der Waals surface area contributed by atoms with Crippen molar-refractivity contribution in [3.63, 3.8) is 0 Å². The van der Waals surface area contributed by atoms with Crippen LogP contribution in [0.3, 0.4) is 0 Å². The summed E-state index contributed by atoms with van der Waals surface area (Å²) in [6, 6.07) is 15.4. The lowest BCUT2D eigenvalue weighted by Gasteiger charge is -2.21. The number of benzene rings is 2. The highest BCUT2D eigenvalue weighted by Gasteiger charge is 2.10. The van der Waals surface area contributed by atoms with Crippen LogP contribution >= 0.6 is 0 Å². The lowest BCUT2D eigenvalue weighted by Crippen LogP contribution is -2.15. The van der Waals surface area contributed by atoms with Gasteiger partial charge >= 0.3 is 0 Å². The van der Waals surface area contributed by atoms with E-state index in [1.54, 1.807) is 12.1 Å². The Morgan fingerprint density at radius 3 is 2.30 bits per heavy atom. The molecular weight excluding hydrogens is 251 g/mol. The molecule has 2 aromatic rings. The highest BCUT2D eigenvalue weighted by Crippen LogP contribution is 2.27. The molecule has 1 atom stereocenters. The summed E-state index contributed by atoms with van der Waals surface area (Å²) in [5.74, 6) is -0.208. The number of para-hydroxylation sites is 1. The van der Waals surface area contributed by atoms with Gasteiger partial charge in [-0.1, -0.05) is 31.2 Å². The Kier molecular flexibility index (Phi) is 4.74. The standard InChI is InChI=1S/C17H21FN2/c1-4-16(19-2)13-9-11-14(12-10-13)20(3)17-8-6-5-7-15(17)18/h5-12,16,19H,4H2,1-3H3. The maximum absolute atomic E-state index is 13.8. The molecule has 1 N–H and O–H groups in total. The maximum atomic E-state index is 13.8. The normalized spacial score (nSPS) is 12.2. The maximum Gasteiger partial charge on any atom is 0.146 e. The number of hydrogen-bond donors (Lipinski definition) is 1. The first-order chi connectivity index (χ1) is 9.67. The van der Waals surface area contributed by atoms with E-state index in [-0.39, 0.29) is 5.82 Å². The molecule has 0 aliphatic carbocycles. The number of anilines is 2. The van der Waals surface area contributed by atoms with Crippen LogP contribution in [0.15, 0.2) is 48.5 Å². The minimum absolute atomic E-state index is 0.208. The number of halogens is 1. The zero-order valence-corrected chi connectivity index (χ0v) is 12.2. The molecule has 0 spiro atoms. The number of nitrogens with zero attached hydrogens (tertiary/aromatic N) is 1. The topological polar surface area (TPSA) is 15.3 Å². The Morgan fingerprint density at radius 1 is 1.10 bits per heavy atom. The monoisotopic (exact) mass is 272 g/mol. The predicted octanol–water partition coefficient (Wildman–Crippen LogP) is 4.26. The van der Waals surface area contributed by atoms with E-state index in [0.29, 0.717) is 11.7 Å². The van der Waals surface area contributed by atoms with Gasteiger partial charge in [-0.15, -0.1) is 0 Å². The van der Waals surface area contributed by atoms with Crippen LogP contribution in [-0.4, -0.2) is 14.1 Å². The van der Waals surface area contributed by atoms with Crippen LogP contribution in [0.5, 0.6) is 0 Å². The van der Waals surface area contributed by atoms with Crippen LogP contribution in [0.2, 0.25) is 0 Å². The molecule has 0 radical (unpaired) electrons. The highest BCUT2D eigenvalue weighted by molar-refractivity contribution is 5.63. The van der Waals surface area contributed by atoms with Gasteiger partial charge in [-0.2, -0.15) is 0 Å². The van der Waals surface area contributed by atoms with Gasteiger partial charge in [-0.3, -0.25) is 0 Å². The molecule has 0 aliphatic heterocycles. The Balaban J connectivity index is 2.24. The van der Waals surface area contributed by atoms with Crippen LogP contribution in [0.25, 0.3) is 0 Å². The Morgan fingerprint density at radius 2 is 1.75 bits per heavy atom. The molecule has 0 bridgehead atoms. The third-order valence-electron chi connectivity index (χ3n) is 3.65. The van der Waals surface area contributed by atoms with E-state index < -0.39 is 0 Å². The van der Waals surface area contributed by atoms with Crippen molar-refractivity contribution in [1.82, 2.24) is 5.32 Å². The molecule has 0 aliphatic rings. The molecule has 106 valence electrons. The molecule has 2 aromatic carbocycles. The zero-order chi connectivity index (χ0) is 14.5. The van der Waals surface area contributed by atoms with Gasteiger partial charge in [0.25, 0.3) is 0 Å². The summed E-state index contributed by atoms with van der Waals surface area (Å²) in [4.78, 5) is 1.86. The van der Waals surface area contributed by atoms with Crippen LogP contribution in [-0.2, 0) is 0 Å². The molecule has 0 heterocycles. The van der Waals surface area contributed by atoms with Crippen molar-refractivity contribution < 1.29 is 4.39 Å². The highest BCUT2D eigenvalue weighted by atomic mass is 19.1. The van der Waals surface area contributed by atoms with E-state index in [1.807, 2.05) is 37.2 Å². The van der Waals surface area contributed by atoms with Gasteiger partial charge in [0.05, 0.1) is 5.69 Å². The van der Waals surface area contributed by atoms with Gasteiger partial charge < -0.3 is 10.2 Å². The summed E-state index contributed by atoms with van der Waals surface area (Å²) >= 11 is 0. The second kappa shape index (κ2) is 6.53. The average molecular weight is 272 g/mol. The largest absolute Gasteiger partial charge is 0.342 e. The van der Waals surface area contributed by atoms with Crippen molar-refractivity contribution in [2.75, 3.05) is 19.0 Å². The minimum Gasteiger partial charge on any atom is -0.342 e. The van der Waals surface area contributed by atoms with Gasteiger partial charge in [0.1, 0.15) is 5.82 Å². The summed E-state index contributed by atoms with van der Waals surface area (Å²) in [5, 5.41) is 3.28. The third kappa shape index (κ3) is 2.99. The average Bonchev–Trinajstić information content (AvgIpc) is 2.49. The Hall–Kier alpha value is -1.87. The predicted molar refractivity (Wildman–Crippen MR) is 83.0 cm³/mol. The van der Waals surface area contributed by atoms with E-state index in [2.05, 4.69) is 24.4 Å². The molecule has 1 unspecified atom stereocenters. The lowest BCUT2D eigenvalue weighted by molar-refractivity contribution is 0.577. The smallest absolute Gasteiger partial charge is 0.146 e. The molecule has 3 heteroatoms. The first-order valence-electron chi connectivity index (χ1n) is 6.92. The zero-order valence-electron chi connectivity index (χ0n) is 12.2. The molecule has 0 fully saturated rings. The Labute approximate surface area is 120 Å². The summed E-state index contributed by atoms with van der Waals surface area (Å²) in [5.41, 5.74) is 2.81. The van der Waals surface area contributed by atoms with E-state index in [1.165, 1.54) is 11.6 Å². The van der Waals surface area contributed by atoms with Crippen LogP contribution in [0.1, 0.15) is 24.9 Å². The number of nitrogens with one attached hydrogen (secondary N) is 1. The van der Waals surface area contributed by atoms with Gasteiger partial charge in [0, 0.05) is 18.8 Å². The molecular formula is C17H21FN2. The third-order valence-corrected chi connectivity index (χ3v) is 3.65. The van der Waals surface area contributed by atoms with Gasteiger partial charge in [0.15, 0.2) is 0 Å². The van der Waals surface area contributed by atoms with E-state index >= 15 is 0 Å². The van der Waals surface area contributed by atoms with E-state index in [0.717, 1.165) is 12.1 Å². The summed E-state index contributed by atoms with van der Waals surface area (Å²) < 4.78 is 13.8. The molecule has 2 nitrogen and oxygen atoms in total. The van der Waals surface area contributed by atoms with Crippen LogP contribution in [0, 0.1) is 5.82 Å². The molecule has 0 saturated carbocycles. The molecule has 2 rings (SSSR count). The van der Waals surface area contributed by atoms with Crippen LogP contribution < -0.4 is 10.2 Å². The SMILES string of the molecule is CCC(NC)c1ccc(N(C)c2ccccc2F)cc1. The minimum atomic E-state index is -0.208. The van der Waals surface area contributed by atoms with Gasteiger partial charge in [-0.05, 0) is 43.3 Å². The van der Waals surface area contributed by atoms with Gasteiger partial charge in [-0.25, -0.2) is 4.39 Å². The summed E-state index contributed by atoms with van der Waals surface area (Å²) in [6.45, 7) is 2.15. The molecule has 0 saturated heterocycles. The quantitative estimate of drug-likeness (QED) is 0.874. The fourth-order valence-electron chi connectivity index (χ4n) is 2.40. The molecule has 0 aromatic heterocycles. The molecule has 20 heavy (non-hydrogen) atoms. The number of rotatable bonds is 5. The Bertz CT molecular complexity index is 547. The van der Waals surface area contributed by atoms with E-state index in [9.17, 15) is 4.39 Å². The summed E-state index contributed by atoms with van der Waals surface area (Å²) in [7, 11) is 3.84. The first-order valence-corrected chi connectivity index (χ1v) is 6.92. The first kappa shape index (κ1) is 14.5. The fourth-order valence-corrected chi connectivity index (χ4v) is 2.40. The van der Waals surface area contributed by atoms with Gasteiger partial charge in [0.2, 0.25) is 0 Å². The summed E-state index contributed by atoms with van der Waals surface area (Å²) in [6.07, 6.45) is 1.04. The van der Waals surface area contributed by atoms with Crippen LogP contribution in [0.4, 0.5) is 15.8 Å². The van der Waals surface area contributed by atoms with Crippen molar-refractivity contribution >= 4 is 11.4 Å². The van der Waals surface area contributed by atoms with Crippen molar-refractivity contribution in [2.45, 2.75) is 19.4 Å². The molecule has 0 amide bonds. The number of hydrogen-bond acceptors (Lipinski definition) is 2.